The Kier molecular flexibility index (Phi) is 4.98. The molecule has 1 nitrogen and oxygen atoms in total. The van der Waals surface area contributed by atoms with E-state index in [4.69, 9.17) is 0 Å². The lowest BCUT2D eigenvalue weighted by atomic mass is 9.77. The Morgan fingerprint density at radius 1 is 1.37 bits per heavy atom. The van der Waals surface area contributed by atoms with E-state index >= 15 is 0 Å². The van der Waals surface area contributed by atoms with Crippen LogP contribution in [0.5, 0.6) is 0 Å². The third-order valence-electron chi connectivity index (χ3n) is 4.66. The first-order valence-electron chi connectivity index (χ1n) is 7.52. The molecule has 1 saturated carbocycles. The van der Waals surface area contributed by atoms with Gasteiger partial charge in [0.05, 0.1) is 0 Å². The van der Waals surface area contributed by atoms with Crippen molar-refractivity contribution in [3.05, 3.63) is 35.1 Å². The van der Waals surface area contributed by atoms with Crippen LogP contribution in [-0.2, 0) is 6.42 Å². The van der Waals surface area contributed by atoms with Gasteiger partial charge in [0, 0.05) is 6.04 Å². The van der Waals surface area contributed by atoms with Gasteiger partial charge >= 0.3 is 0 Å². The van der Waals surface area contributed by atoms with Crippen LogP contribution in [0.1, 0.15) is 43.7 Å². The Balaban J connectivity index is 2.05. The molecule has 3 unspecified atom stereocenters. The van der Waals surface area contributed by atoms with Gasteiger partial charge in [-0.25, -0.2) is 4.39 Å². The third kappa shape index (κ3) is 3.79. The molecule has 1 fully saturated rings. The minimum atomic E-state index is -0.131. The molecule has 1 aromatic rings. The predicted molar refractivity (Wildman–Crippen MR) is 78.8 cm³/mol. The fraction of sp³-hybridized carbons (Fsp3) is 0.647. The highest BCUT2D eigenvalue weighted by Gasteiger charge is 2.26. The number of rotatable bonds is 4. The molecule has 0 heterocycles. The minimum Gasteiger partial charge on any atom is -0.316 e. The van der Waals surface area contributed by atoms with Crippen molar-refractivity contribution in [2.24, 2.45) is 11.8 Å². The molecule has 1 N–H and O–H groups in total. The Morgan fingerprint density at radius 3 is 2.79 bits per heavy atom. The summed E-state index contributed by atoms with van der Waals surface area (Å²) in [6.45, 7) is 4.37. The van der Waals surface area contributed by atoms with Crippen molar-refractivity contribution in [2.45, 2.75) is 52.0 Å². The van der Waals surface area contributed by atoms with Gasteiger partial charge in [-0.15, -0.1) is 0 Å². The van der Waals surface area contributed by atoms with Gasteiger partial charge in [-0.2, -0.15) is 0 Å². The molecule has 106 valence electrons. The summed E-state index contributed by atoms with van der Waals surface area (Å²) in [5, 5.41) is 3.49. The molecule has 1 aliphatic rings. The molecule has 3 atom stereocenters. The summed E-state index contributed by atoms with van der Waals surface area (Å²) in [7, 11) is 2.06. The first-order valence-corrected chi connectivity index (χ1v) is 7.52. The maximum absolute atomic E-state index is 13.2. The molecule has 2 heteroatoms. The zero-order chi connectivity index (χ0) is 13.8. The zero-order valence-electron chi connectivity index (χ0n) is 12.4. The molecule has 1 aromatic carbocycles. The van der Waals surface area contributed by atoms with Gasteiger partial charge < -0.3 is 5.32 Å². The highest BCUT2D eigenvalue weighted by Crippen LogP contribution is 2.32. The van der Waals surface area contributed by atoms with Crippen molar-refractivity contribution < 1.29 is 4.39 Å². The molecule has 19 heavy (non-hydrogen) atoms. The minimum absolute atomic E-state index is 0.131. The van der Waals surface area contributed by atoms with E-state index in [0.29, 0.717) is 6.04 Å². The fourth-order valence-corrected chi connectivity index (χ4v) is 3.48. The van der Waals surface area contributed by atoms with Crippen LogP contribution in [0.3, 0.4) is 0 Å². The van der Waals surface area contributed by atoms with E-state index in [1.54, 1.807) is 12.1 Å². The van der Waals surface area contributed by atoms with Crippen LogP contribution >= 0.6 is 0 Å². The second-order valence-corrected chi connectivity index (χ2v) is 6.20. The summed E-state index contributed by atoms with van der Waals surface area (Å²) in [6.07, 6.45) is 6.40. The third-order valence-corrected chi connectivity index (χ3v) is 4.66. The number of hydrogen-bond donors (Lipinski definition) is 1. The predicted octanol–water partition coefficient (Wildman–Crippen LogP) is 4.09. The Hall–Kier alpha value is -0.890. The van der Waals surface area contributed by atoms with E-state index < -0.39 is 0 Å². The van der Waals surface area contributed by atoms with Gasteiger partial charge in [0.1, 0.15) is 5.82 Å². The molecule has 0 spiro atoms. The molecule has 0 bridgehead atoms. The topological polar surface area (TPSA) is 12.0 Å². The lowest BCUT2D eigenvalue weighted by Crippen LogP contribution is -2.38. The molecular formula is C17H26FN. The van der Waals surface area contributed by atoms with Gasteiger partial charge in [-0.05, 0) is 68.3 Å². The van der Waals surface area contributed by atoms with E-state index in [-0.39, 0.29) is 5.82 Å². The molecule has 0 saturated heterocycles. The largest absolute Gasteiger partial charge is 0.316 e. The normalized spacial score (nSPS) is 25.3. The monoisotopic (exact) mass is 263 g/mol. The number of halogens is 1. The van der Waals surface area contributed by atoms with E-state index in [1.165, 1.54) is 31.2 Å². The number of likely N-dealkylation sites (N-methyl/N-ethyl adjacent to an activating group) is 1. The summed E-state index contributed by atoms with van der Waals surface area (Å²) in [5.41, 5.74) is 2.35. The second kappa shape index (κ2) is 6.51. The highest BCUT2D eigenvalue weighted by atomic mass is 19.1. The van der Waals surface area contributed by atoms with Gasteiger partial charge in [0.2, 0.25) is 0 Å². The van der Waals surface area contributed by atoms with Gasteiger partial charge in [0.15, 0.2) is 0 Å². The first kappa shape index (κ1) is 14.5. The average Bonchev–Trinajstić information content (AvgIpc) is 2.38. The molecule has 2 rings (SSSR count). The van der Waals surface area contributed by atoms with Gasteiger partial charge in [-0.1, -0.05) is 25.8 Å². The van der Waals surface area contributed by atoms with E-state index in [1.807, 2.05) is 13.0 Å². The smallest absolute Gasteiger partial charge is 0.123 e. The van der Waals surface area contributed by atoms with Crippen LogP contribution in [0, 0.1) is 24.6 Å². The number of hydrogen-bond acceptors (Lipinski definition) is 1. The molecule has 1 aliphatic carbocycles. The summed E-state index contributed by atoms with van der Waals surface area (Å²) in [4.78, 5) is 0. The lowest BCUT2D eigenvalue weighted by molar-refractivity contribution is 0.227. The quantitative estimate of drug-likeness (QED) is 0.862. The number of benzene rings is 1. The first-order chi connectivity index (χ1) is 9.10. The maximum Gasteiger partial charge on any atom is 0.123 e. The van der Waals surface area contributed by atoms with Crippen molar-refractivity contribution in [2.75, 3.05) is 7.05 Å². The summed E-state index contributed by atoms with van der Waals surface area (Å²) in [5.74, 6) is 1.48. The van der Waals surface area contributed by atoms with Crippen LogP contribution in [0.2, 0.25) is 0 Å². The Labute approximate surface area is 116 Å². The average molecular weight is 263 g/mol. The summed E-state index contributed by atoms with van der Waals surface area (Å²) in [6, 6.07) is 5.69. The van der Waals surface area contributed by atoms with Crippen LogP contribution in [-0.4, -0.2) is 13.1 Å². The Bertz CT molecular complexity index is 416. The van der Waals surface area contributed by atoms with Crippen molar-refractivity contribution >= 4 is 0 Å². The summed E-state index contributed by atoms with van der Waals surface area (Å²) >= 11 is 0. The summed E-state index contributed by atoms with van der Waals surface area (Å²) < 4.78 is 13.2. The maximum atomic E-state index is 13.2. The van der Waals surface area contributed by atoms with Crippen LogP contribution in [0.15, 0.2) is 18.2 Å². The molecular weight excluding hydrogens is 237 g/mol. The van der Waals surface area contributed by atoms with E-state index in [2.05, 4.69) is 19.3 Å². The van der Waals surface area contributed by atoms with Crippen molar-refractivity contribution in [3.63, 3.8) is 0 Å². The SMILES string of the molecule is CNC(Cc1ccc(F)cc1C)C1CCCC(C)C1. The molecule has 0 aromatic heterocycles. The van der Waals surface area contributed by atoms with Crippen molar-refractivity contribution in [1.82, 2.24) is 5.32 Å². The fourth-order valence-electron chi connectivity index (χ4n) is 3.48. The van der Waals surface area contributed by atoms with Crippen molar-refractivity contribution in [1.29, 1.82) is 0 Å². The lowest BCUT2D eigenvalue weighted by Gasteiger charge is -2.33. The second-order valence-electron chi connectivity index (χ2n) is 6.20. The van der Waals surface area contributed by atoms with Gasteiger partial charge in [0.25, 0.3) is 0 Å². The zero-order valence-corrected chi connectivity index (χ0v) is 12.4. The number of nitrogens with one attached hydrogen (secondary N) is 1. The van der Waals surface area contributed by atoms with Crippen LogP contribution in [0.4, 0.5) is 4.39 Å². The van der Waals surface area contributed by atoms with Crippen LogP contribution in [0.25, 0.3) is 0 Å². The molecule has 0 aliphatic heterocycles. The highest BCUT2D eigenvalue weighted by molar-refractivity contribution is 5.27. The van der Waals surface area contributed by atoms with E-state index in [9.17, 15) is 4.39 Å². The van der Waals surface area contributed by atoms with Crippen molar-refractivity contribution in [3.8, 4) is 0 Å². The van der Waals surface area contributed by atoms with E-state index in [0.717, 1.165) is 23.8 Å². The molecule has 0 amide bonds. The van der Waals surface area contributed by atoms with Gasteiger partial charge in [-0.3, -0.25) is 0 Å². The molecule has 0 radical (unpaired) electrons. The number of aryl methyl sites for hydroxylation is 1. The standard InChI is InChI=1S/C17H26FN/c1-12-5-4-6-15(9-12)17(19-3)11-14-7-8-16(18)10-13(14)2/h7-8,10,12,15,17,19H,4-6,9,11H2,1-3H3. The Morgan fingerprint density at radius 2 is 2.16 bits per heavy atom. The van der Waals surface area contributed by atoms with Crippen LogP contribution < -0.4 is 5.32 Å².